The van der Waals surface area contributed by atoms with Gasteiger partial charge in [-0.15, -0.1) is 0 Å². The summed E-state index contributed by atoms with van der Waals surface area (Å²) in [5, 5.41) is 10.1. The first-order valence-electron chi connectivity index (χ1n) is 9.19. The molecule has 0 amide bonds. The highest BCUT2D eigenvalue weighted by Gasteiger charge is 2.32. The largest absolute Gasteiger partial charge is 0.545 e. The number of carboxylic acid groups (broad SMARTS) is 1. The van der Waals surface area contributed by atoms with Crippen molar-refractivity contribution in [1.82, 2.24) is 0 Å². The Balaban J connectivity index is 0. The fourth-order valence-corrected chi connectivity index (χ4v) is 2.60. The summed E-state index contributed by atoms with van der Waals surface area (Å²) in [7, 11) is 1.67. The van der Waals surface area contributed by atoms with Gasteiger partial charge in [0.15, 0.2) is 0 Å². The number of likely N-dealkylation sites (N-methyl/N-ethyl adjacent to an activating group) is 1. The predicted octanol–water partition coefficient (Wildman–Crippen LogP) is 2.02. The van der Waals surface area contributed by atoms with Gasteiger partial charge in [-0.1, -0.05) is 32.9 Å². The minimum atomic E-state index is -4.08. The molecule has 0 heterocycles. The van der Waals surface area contributed by atoms with E-state index in [1.807, 2.05) is 21.1 Å². The standard InChI is InChI=1S/C11H21NO6P.C8H14O2/c1-10(2)11(14)18-19(15,17-9-7-13)16-8-6-12(3,4)5;1-3-4-5-6-7(2)8(9)10/h7H,1,6,8-9H2,2-5H3;2-6H2,1H3,(H,9,10)/q+1;/p-1. The van der Waals surface area contributed by atoms with E-state index >= 15 is 0 Å². The van der Waals surface area contributed by atoms with Crippen molar-refractivity contribution in [3.05, 3.63) is 24.3 Å². The Kier molecular flexibility index (Phi) is 15.3. The summed E-state index contributed by atoms with van der Waals surface area (Å²) in [5.41, 5.74) is 0.276. The van der Waals surface area contributed by atoms with Gasteiger partial charge in [-0.05, 0) is 25.3 Å². The van der Waals surface area contributed by atoms with Gasteiger partial charge in [-0.25, -0.2) is 9.36 Å². The van der Waals surface area contributed by atoms with E-state index in [-0.39, 0.29) is 17.8 Å². The van der Waals surface area contributed by atoms with Crippen LogP contribution in [0.25, 0.3) is 0 Å². The average molecular weight is 435 g/mol. The number of carboxylic acids is 1. The molecule has 1 atom stereocenters. The molecule has 168 valence electrons. The van der Waals surface area contributed by atoms with Gasteiger partial charge in [0.25, 0.3) is 0 Å². The Bertz CT molecular complexity index is 610. The summed E-state index contributed by atoms with van der Waals surface area (Å²) in [4.78, 5) is 31.7. The zero-order chi connectivity index (χ0) is 23.1. The first kappa shape index (κ1) is 29.4. The number of carbonyl (C=O) groups excluding carboxylic acids is 3. The van der Waals surface area contributed by atoms with Gasteiger partial charge < -0.3 is 23.7 Å². The number of aliphatic carboxylic acids is 1. The first-order valence-corrected chi connectivity index (χ1v) is 10.7. The summed E-state index contributed by atoms with van der Waals surface area (Å²) < 4.78 is 27.0. The maximum absolute atomic E-state index is 12.1. The second-order valence-electron chi connectivity index (χ2n) is 7.26. The van der Waals surface area contributed by atoms with E-state index < -0.39 is 26.4 Å². The van der Waals surface area contributed by atoms with Crippen LogP contribution in [0.3, 0.4) is 0 Å². The van der Waals surface area contributed by atoms with Crippen LogP contribution in [0.4, 0.5) is 0 Å². The summed E-state index contributed by atoms with van der Waals surface area (Å²) >= 11 is 0. The van der Waals surface area contributed by atoms with Gasteiger partial charge in [0.05, 0.1) is 27.1 Å². The van der Waals surface area contributed by atoms with E-state index in [9.17, 15) is 24.1 Å². The lowest BCUT2D eigenvalue weighted by Gasteiger charge is -2.24. The van der Waals surface area contributed by atoms with Gasteiger partial charge in [0.2, 0.25) is 0 Å². The van der Waals surface area contributed by atoms with E-state index in [0.717, 1.165) is 19.3 Å². The first-order chi connectivity index (χ1) is 13.3. The van der Waals surface area contributed by atoms with Crippen molar-refractivity contribution in [1.29, 1.82) is 0 Å². The Morgan fingerprint density at radius 2 is 1.72 bits per heavy atom. The van der Waals surface area contributed by atoms with Gasteiger partial charge >= 0.3 is 13.8 Å². The van der Waals surface area contributed by atoms with Crippen LogP contribution in [0.1, 0.15) is 39.5 Å². The number of unbranched alkanes of at least 4 members (excludes halogenated alkanes) is 2. The molecule has 0 bridgehead atoms. The molecule has 10 heteroatoms. The number of carbonyl (C=O) groups is 3. The highest BCUT2D eigenvalue weighted by Crippen LogP contribution is 2.49. The zero-order valence-electron chi connectivity index (χ0n) is 18.1. The summed E-state index contributed by atoms with van der Waals surface area (Å²) in [6.45, 7) is 10.3. The van der Waals surface area contributed by atoms with Crippen molar-refractivity contribution in [3.8, 4) is 0 Å². The third-order valence-electron chi connectivity index (χ3n) is 3.23. The van der Waals surface area contributed by atoms with Crippen LogP contribution in [-0.2, 0) is 32.5 Å². The number of quaternary nitrogens is 1. The van der Waals surface area contributed by atoms with Gasteiger partial charge in [-0.3, -0.25) is 9.05 Å². The van der Waals surface area contributed by atoms with Crippen LogP contribution < -0.4 is 5.11 Å². The lowest BCUT2D eigenvalue weighted by molar-refractivity contribution is -0.870. The molecule has 0 spiro atoms. The monoisotopic (exact) mass is 435 g/mol. The summed E-state index contributed by atoms with van der Waals surface area (Å²) in [6.07, 6.45) is 4.02. The quantitative estimate of drug-likeness (QED) is 0.134. The number of aldehydes is 1. The van der Waals surface area contributed by atoms with E-state index in [4.69, 9.17) is 4.52 Å². The van der Waals surface area contributed by atoms with Crippen LogP contribution in [0.15, 0.2) is 24.3 Å². The van der Waals surface area contributed by atoms with Crippen LogP contribution in [0.2, 0.25) is 0 Å². The van der Waals surface area contributed by atoms with E-state index in [2.05, 4.69) is 29.1 Å². The molecule has 0 saturated carbocycles. The van der Waals surface area contributed by atoms with Crippen LogP contribution >= 0.6 is 7.82 Å². The van der Waals surface area contributed by atoms with Gasteiger partial charge in [-0.2, -0.15) is 0 Å². The smallest absolute Gasteiger partial charge is 0.533 e. The summed E-state index contributed by atoms with van der Waals surface area (Å²) in [6, 6.07) is 0. The Morgan fingerprint density at radius 1 is 1.14 bits per heavy atom. The van der Waals surface area contributed by atoms with Crippen LogP contribution in [0.5, 0.6) is 0 Å². The fraction of sp³-hybridized carbons (Fsp3) is 0.632. The molecule has 0 aliphatic carbocycles. The van der Waals surface area contributed by atoms with Crippen LogP contribution in [-0.4, -0.2) is 63.6 Å². The maximum Gasteiger partial charge on any atom is 0.533 e. The molecule has 0 aliphatic heterocycles. The molecule has 0 aromatic heterocycles. The molecule has 0 N–H and O–H groups in total. The minimum absolute atomic E-state index is 0.0586. The SMILES string of the molecule is C=C(C)C(=O)OP(=O)(OCC=O)OCC[N+](C)(C)C.C=C(CCCCC)C(=O)[O-]. The molecule has 0 fully saturated rings. The number of hydrogen-bond donors (Lipinski definition) is 0. The number of phosphoric ester groups is 1. The molecule has 0 aromatic rings. The highest BCUT2D eigenvalue weighted by molar-refractivity contribution is 7.49. The number of hydrogen-bond acceptors (Lipinski definition) is 8. The molecule has 0 rings (SSSR count). The minimum Gasteiger partial charge on any atom is -0.545 e. The second kappa shape index (κ2) is 15.1. The molecule has 0 radical (unpaired) electrons. The fourth-order valence-electron chi connectivity index (χ4n) is 1.51. The Hall–Kier alpha value is -1.80. The third-order valence-corrected chi connectivity index (χ3v) is 4.58. The van der Waals surface area contributed by atoms with E-state index in [1.54, 1.807) is 0 Å². The highest BCUT2D eigenvalue weighted by atomic mass is 31.2. The molecule has 29 heavy (non-hydrogen) atoms. The molecule has 0 aliphatic rings. The Morgan fingerprint density at radius 3 is 2.14 bits per heavy atom. The summed E-state index contributed by atoms with van der Waals surface area (Å²) in [5.74, 6) is -2.00. The zero-order valence-corrected chi connectivity index (χ0v) is 19.0. The lowest BCUT2D eigenvalue weighted by atomic mass is 10.1. The van der Waals surface area contributed by atoms with Gasteiger partial charge in [0.1, 0.15) is 26.0 Å². The Labute approximate surface area is 173 Å². The number of rotatable bonds is 14. The molecule has 0 aromatic carbocycles. The van der Waals surface area contributed by atoms with Crippen molar-refractivity contribution >= 4 is 26.0 Å². The molecular weight excluding hydrogens is 401 g/mol. The van der Waals surface area contributed by atoms with Crippen LogP contribution in [0, 0.1) is 0 Å². The molecule has 1 unspecified atom stereocenters. The molecule has 9 nitrogen and oxygen atoms in total. The average Bonchev–Trinajstić information content (AvgIpc) is 2.59. The third kappa shape index (κ3) is 18.0. The van der Waals surface area contributed by atoms with Crippen molar-refractivity contribution in [3.63, 3.8) is 0 Å². The second-order valence-corrected chi connectivity index (χ2v) is 8.86. The topological polar surface area (TPSA) is 119 Å². The number of phosphoric acid groups is 1. The molecular formula is C19H34NO8P. The van der Waals surface area contributed by atoms with Crippen molar-refractivity contribution in [2.24, 2.45) is 0 Å². The molecule has 0 saturated heterocycles. The maximum atomic E-state index is 12.1. The van der Waals surface area contributed by atoms with E-state index in [0.29, 0.717) is 23.7 Å². The number of nitrogens with zero attached hydrogens (tertiary/aromatic N) is 1. The van der Waals surface area contributed by atoms with Crippen molar-refractivity contribution in [2.75, 3.05) is 40.9 Å². The van der Waals surface area contributed by atoms with Crippen molar-refractivity contribution in [2.45, 2.75) is 39.5 Å². The lowest BCUT2D eigenvalue weighted by Crippen LogP contribution is -2.37. The van der Waals surface area contributed by atoms with Gasteiger partial charge in [0, 0.05) is 5.57 Å². The van der Waals surface area contributed by atoms with E-state index in [1.165, 1.54) is 6.92 Å². The van der Waals surface area contributed by atoms with Crippen molar-refractivity contribution < 1.29 is 42.1 Å². The normalized spacial score (nSPS) is 12.7. The predicted molar refractivity (Wildman–Crippen MR) is 108 cm³/mol.